The topological polar surface area (TPSA) is 52.3 Å². The van der Waals surface area contributed by atoms with E-state index in [0.29, 0.717) is 12.3 Å². The second-order valence-electron chi connectivity index (χ2n) is 3.98. The van der Waals surface area contributed by atoms with Crippen molar-refractivity contribution in [3.63, 3.8) is 0 Å². The Kier molecular flexibility index (Phi) is 4.10. The van der Waals surface area contributed by atoms with Gasteiger partial charge in [-0.15, -0.1) is 0 Å². The van der Waals surface area contributed by atoms with E-state index in [4.69, 9.17) is 10.5 Å². The molecule has 92 valence electrons. The summed E-state index contributed by atoms with van der Waals surface area (Å²) in [5, 5.41) is 0. The number of ether oxygens (including phenoxy) is 1. The molecule has 0 radical (unpaired) electrons. The molecule has 2 N–H and O–H groups in total. The third-order valence-corrected chi connectivity index (χ3v) is 2.58. The highest BCUT2D eigenvalue weighted by atomic mass is 16.5. The molecule has 3 heteroatoms. The molecule has 0 unspecified atom stereocenters. The lowest BCUT2D eigenvalue weighted by Gasteiger charge is -2.05. The molecule has 3 nitrogen and oxygen atoms in total. The summed E-state index contributed by atoms with van der Waals surface area (Å²) in [6.07, 6.45) is 0.277. The fourth-order valence-electron chi connectivity index (χ4n) is 1.62. The van der Waals surface area contributed by atoms with E-state index in [1.807, 2.05) is 42.5 Å². The van der Waals surface area contributed by atoms with Crippen molar-refractivity contribution in [1.82, 2.24) is 0 Å². The summed E-state index contributed by atoms with van der Waals surface area (Å²) < 4.78 is 5.24. The molecule has 0 saturated heterocycles. The van der Waals surface area contributed by atoms with Gasteiger partial charge in [0.25, 0.3) is 0 Å². The molecular weight excluding hydrogens is 226 g/mol. The summed E-state index contributed by atoms with van der Waals surface area (Å²) in [4.78, 5) is 11.7. The molecule has 0 bridgehead atoms. The van der Waals surface area contributed by atoms with Gasteiger partial charge in [0.15, 0.2) is 0 Å². The van der Waals surface area contributed by atoms with E-state index in [9.17, 15) is 4.79 Å². The van der Waals surface area contributed by atoms with Gasteiger partial charge < -0.3 is 10.5 Å². The molecule has 0 aliphatic rings. The quantitative estimate of drug-likeness (QED) is 0.660. The predicted molar refractivity (Wildman–Crippen MR) is 70.1 cm³/mol. The van der Waals surface area contributed by atoms with Crippen LogP contribution in [0.4, 0.5) is 0 Å². The molecule has 0 saturated carbocycles. The molecule has 2 rings (SSSR count). The van der Waals surface area contributed by atoms with Crippen LogP contribution in [0.2, 0.25) is 0 Å². The highest BCUT2D eigenvalue weighted by Crippen LogP contribution is 2.13. The van der Waals surface area contributed by atoms with E-state index in [2.05, 4.69) is 0 Å². The molecular formula is C15H15NO2. The van der Waals surface area contributed by atoms with Gasteiger partial charge in [0.05, 0.1) is 6.42 Å². The Morgan fingerprint density at radius 1 is 0.944 bits per heavy atom. The average Bonchev–Trinajstić information content (AvgIpc) is 2.40. The number of carbonyl (C=O) groups is 1. The van der Waals surface area contributed by atoms with Crippen LogP contribution in [0, 0.1) is 0 Å². The highest BCUT2D eigenvalue weighted by molar-refractivity contribution is 5.75. The van der Waals surface area contributed by atoms with Crippen molar-refractivity contribution in [2.24, 2.45) is 5.73 Å². The van der Waals surface area contributed by atoms with E-state index in [0.717, 1.165) is 11.1 Å². The molecule has 0 fully saturated rings. The van der Waals surface area contributed by atoms with Crippen molar-refractivity contribution < 1.29 is 9.53 Å². The van der Waals surface area contributed by atoms with Crippen molar-refractivity contribution in [2.45, 2.75) is 13.0 Å². The number of esters is 1. The van der Waals surface area contributed by atoms with Gasteiger partial charge in [-0.25, -0.2) is 0 Å². The van der Waals surface area contributed by atoms with Gasteiger partial charge in [0.2, 0.25) is 0 Å². The molecule has 0 aromatic heterocycles. The Bertz CT molecular complexity index is 506. The second kappa shape index (κ2) is 5.98. The SMILES string of the molecule is NCc1ccc(OC(=O)Cc2ccccc2)cc1. The molecule has 2 aromatic carbocycles. The van der Waals surface area contributed by atoms with Crippen LogP contribution in [0.15, 0.2) is 54.6 Å². The standard InChI is InChI=1S/C15H15NO2/c16-11-13-6-8-14(9-7-13)18-15(17)10-12-4-2-1-3-5-12/h1-9H,10-11,16H2. The number of hydrogen-bond acceptors (Lipinski definition) is 3. The van der Waals surface area contributed by atoms with Crippen molar-refractivity contribution in [2.75, 3.05) is 0 Å². The maximum Gasteiger partial charge on any atom is 0.315 e. The average molecular weight is 241 g/mol. The Hall–Kier alpha value is -2.13. The van der Waals surface area contributed by atoms with Gasteiger partial charge in [-0.05, 0) is 23.3 Å². The third kappa shape index (κ3) is 3.43. The minimum absolute atomic E-state index is 0.262. The number of rotatable bonds is 4. The van der Waals surface area contributed by atoms with Crippen molar-refractivity contribution in [3.8, 4) is 5.75 Å². The molecule has 0 heterocycles. The van der Waals surface area contributed by atoms with Crippen molar-refractivity contribution in [3.05, 3.63) is 65.7 Å². The van der Waals surface area contributed by atoms with Gasteiger partial charge >= 0.3 is 5.97 Å². The van der Waals surface area contributed by atoms with Crippen LogP contribution in [0.1, 0.15) is 11.1 Å². The lowest BCUT2D eigenvalue weighted by molar-refractivity contribution is -0.133. The molecule has 0 atom stereocenters. The normalized spacial score (nSPS) is 10.1. The fraction of sp³-hybridized carbons (Fsp3) is 0.133. The van der Waals surface area contributed by atoms with E-state index in [1.165, 1.54) is 0 Å². The van der Waals surface area contributed by atoms with Gasteiger partial charge in [-0.1, -0.05) is 42.5 Å². The zero-order valence-corrected chi connectivity index (χ0v) is 10.0. The Morgan fingerprint density at radius 2 is 1.61 bits per heavy atom. The minimum atomic E-state index is -0.262. The number of carbonyl (C=O) groups excluding carboxylic acids is 1. The van der Waals surface area contributed by atoms with Crippen molar-refractivity contribution in [1.29, 1.82) is 0 Å². The van der Waals surface area contributed by atoms with Crippen LogP contribution in [0.5, 0.6) is 5.75 Å². The van der Waals surface area contributed by atoms with Gasteiger partial charge in [-0.2, -0.15) is 0 Å². The van der Waals surface area contributed by atoms with Gasteiger partial charge in [0, 0.05) is 6.54 Å². The smallest absolute Gasteiger partial charge is 0.315 e. The maximum absolute atomic E-state index is 11.7. The predicted octanol–water partition coefficient (Wildman–Crippen LogP) is 2.29. The summed E-state index contributed by atoms with van der Waals surface area (Å²) in [6, 6.07) is 16.7. The fourth-order valence-corrected chi connectivity index (χ4v) is 1.62. The minimum Gasteiger partial charge on any atom is -0.426 e. The molecule has 18 heavy (non-hydrogen) atoms. The van der Waals surface area contributed by atoms with E-state index >= 15 is 0 Å². The van der Waals surface area contributed by atoms with E-state index in [-0.39, 0.29) is 12.4 Å². The maximum atomic E-state index is 11.7. The third-order valence-electron chi connectivity index (χ3n) is 2.58. The summed E-state index contributed by atoms with van der Waals surface area (Å²) in [5.41, 5.74) is 7.45. The summed E-state index contributed by atoms with van der Waals surface area (Å²) in [5.74, 6) is 0.287. The Balaban J connectivity index is 1.94. The molecule has 0 amide bonds. The molecule has 2 aromatic rings. The molecule has 0 aliphatic heterocycles. The highest BCUT2D eigenvalue weighted by Gasteiger charge is 2.05. The van der Waals surface area contributed by atoms with E-state index in [1.54, 1.807) is 12.1 Å². The number of nitrogens with two attached hydrogens (primary N) is 1. The number of hydrogen-bond donors (Lipinski definition) is 1. The van der Waals surface area contributed by atoms with Crippen LogP contribution >= 0.6 is 0 Å². The van der Waals surface area contributed by atoms with Crippen molar-refractivity contribution >= 4 is 5.97 Å². The summed E-state index contributed by atoms with van der Waals surface area (Å²) >= 11 is 0. The first-order valence-corrected chi connectivity index (χ1v) is 5.81. The first-order chi connectivity index (χ1) is 8.78. The Labute approximate surface area is 106 Å². The lowest BCUT2D eigenvalue weighted by Crippen LogP contribution is -2.11. The zero-order valence-electron chi connectivity index (χ0n) is 10.0. The van der Waals surface area contributed by atoms with Gasteiger partial charge in [0.1, 0.15) is 5.75 Å². The molecule has 0 aliphatic carbocycles. The summed E-state index contributed by atoms with van der Waals surface area (Å²) in [6.45, 7) is 0.484. The van der Waals surface area contributed by atoms with Gasteiger partial charge in [-0.3, -0.25) is 4.79 Å². The van der Waals surface area contributed by atoms with Crippen LogP contribution < -0.4 is 10.5 Å². The Morgan fingerprint density at radius 3 is 2.22 bits per heavy atom. The lowest BCUT2D eigenvalue weighted by atomic mass is 10.1. The first-order valence-electron chi connectivity index (χ1n) is 5.81. The molecule has 0 spiro atoms. The largest absolute Gasteiger partial charge is 0.426 e. The monoisotopic (exact) mass is 241 g/mol. The first kappa shape index (κ1) is 12.3. The second-order valence-corrected chi connectivity index (χ2v) is 3.98. The van der Waals surface area contributed by atoms with E-state index < -0.39 is 0 Å². The number of benzene rings is 2. The van der Waals surface area contributed by atoms with Crippen LogP contribution in [0.3, 0.4) is 0 Å². The van der Waals surface area contributed by atoms with Crippen LogP contribution in [0.25, 0.3) is 0 Å². The zero-order chi connectivity index (χ0) is 12.8. The van der Waals surface area contributed by atoms with Crippen LogP contribution in [-0.2, 0) is 17.8 Å². The van der Waals surface area contributed by atoms with Crippen LogP contribution in [-0.4, -0.2) is 5.97 Å². The summed E-state index contributed by atoms with van der Waals surface area (Å²) in [7, 11) is 0.